The number of aromatic nitrogens is 2. The lowest BCUT2D eigenvalue weighted by Crippen LogP contribution is -2.26. The highest BCUT2D eigenvalue weighted by atomic mass is 32.1. The molecule has 0 bridgehead atoms. The van der Waals surface area contributed by atoms with Crippen molar-refractivity contribution in [2.75, 3.05) is 17.6 Å². The molecule has 0 amide bonds. The number of nitrogens with two attached hydrogens (primary N) is 1. The molecule has 19 heavy (non-hydrogen) atoms. The third kappa shape index (κ3) is 3.15. The molecule has 1 atom stereocenters. The van der Waals surface area contributed by atoms with Crippen molar-refractivity contribution in [3.05, 3.63) is 24.5 Å². The zero-order valence-corrected chi connectivity index (χ0v) is 10.6. The Kier molecular flexibility index (Phi) is 4.23. The molecular weight excluding hydrogens is 274 g/mol. The Bertz CT molecular complexity index is 535. The minimum absolute atomic E-state index is 0.266. The van der Waals surface area contributed by atoms with Gasteiger partial charge in [-0.15, -0.1) is 0 Å². The number of aliphatic hydroxyl groups is 1. The summed E-state index contributed by atoms with van der Waals surface area (Å²) >= 11 is 1.06. The van der Waals surface area contributed by atoms with Gasteiger partial charge in [0.25, 0.3) is 6.43 Å². The molecule has 102 valence electrons. The molecule has 2 rings (SSSR count). The van der Waals surface area contributed by atoms with E-state index in [1.54, 1.807) is 24.5 Å². The predicted molar refractivity (Wildman–Crippen MR) is 70.3 cm³/mol. The summed E-state index contributed by atoms with van der Waals surface area (Å²) in [6.45, 7) is -0.266. The highest BCUT2D eigenvalue weighted by molar-refractivity contribution is 7.11. The molecule has 0 radical (unpaired) electrons. The molecule has 2 heterocycles. The number of hydrogen-bond acceptors (Lipinski definition) is 6. The van der Waals surface area contributed by atoms with Crippen LogP contribution in [0.5, 0.6) is 0 Å². The fourth-order valence-electron chi connectivity index (χ4n) is 1.51. The van der Waals surface area contributed by atoms with E-state index in [2.05, 4.69) is 14.7 Å². The second-order valence-electron chi connectivity index (χ2n) is 3.79. The molecule has 0 aromatic carbocycles. The largest absolute Gasteiger partial charge is 0.385 e. The molecule has 8 heteroatoms. The van der Waals surface area contributed by atoms with Crippen LogP contribution in [0.15, 0.2) is 24.5 Å². The fourth-order valence-corrected chi connectivity index (χ4v) is 2.25. The van der Waals surface area contributed by atoms with Crippen molar-refractivity contribution in [2.45, 2.75) is 12.5 Å². The Hall–Kier alpha value is -1.80. The molecule has 2 aromatic rings. The topological polar surface area (TPSA) is 84.1 Å². The number of halogens is 2. The molecule has 0 fully saturated rings. The first-order valence-electron chi connectivity index (χ1n) is 5.45. The van der Waals surface area contributed by atoms with Gasteiger partial charge in [0.2, 0.25) is 0 Å². The Labute approximate surface area is 112 Å². The summed E-state index contributed by atoms with van der Waals surface area (Å²) in [7, 11) is 0. The summed E-state index contributed by atoms with van der Waals surface area (Å²) < 4.78 is 28.4. The summed E-state index contributed by atoms with van der Waals surface area (Å²) in [5.41, 5.74) is 7.19. The van der Waals surface area contributed by atoms with Gasteiger partial charge in [0.05, 0.1) is 5.56 Å². The third-order valence-corrected chi connectivity index (χ3v) is 3.27. The minimum atomic E-state index is -2.79. The van der Waals surface area contributed by atoms with Crippen LogP contribution in [0.2, 0.25) is 0 Å². The van der Waals surface area contributed by atoms with Gasteiger partial charge in [-0.3, -0.25) is 4.98 Å². The number of pyridine rings is 1. The second-order valence-corrected chi connectivity index (χ2v) is 4.56. The lowest BCUT2D eigenvalue weighted by molar-refractivity contribution is 0.00388. The van der Waals surface area contributed by atoms with Gasteiger partial charge in [-0.1, -0.05) is 0 Å². The lowest BCUT2D eigenvalue weighted by atomic mass is 10.1. The number of nitrogen functional groups attached to an aromatic ring is 1. The zero-order chi connectivity index (χ0) is 13.8. The predicted octanol–water partition coefficient (Wildman–Crippen LogP) is 1.83. The van der Waals surface area contributed by atoms with Crippen LogP contribution in [0, 0.1) is 0 Å². The molecule has 0 aliphatic carbocycles. The number of nitrogens with zero attached hydrogens (tertiary/aromatic N) is 2. The lowest BCUT2D eigenvalue weighted by Gasteiger charge is -2.11. The summed E-state index contributed by atoms with van der Waals surface area (Å²) in [5, 5.41) is 12.4. The van der Waals surface area contributed by atoms with Crippen LogP contribution in [0.3, 0.4) is 0 Å². The summed E-state index contributed by atoms with van der Waals surface area (Å²) in [4.78, 5) is 3.89. The molecule has 1 unspecified atom stereocenters. The second kappa shape index (κ2) is 5.89. The standard InChI is InChI=1S/C11H12F2N4OS/c12-9(13)7(18)5-16-11-8(10(14)17-19-11)6-1-3-15-4-2-6/h1-4,7,9,16,18H,5H2,(H2,14,17). The molecule has 0 aliphatic heterocycles. The van der Waals surface area contributed by atoms with E-state index in [1.165, 1.54) is 0 Å². The van der Waals surface area contributed by atoms with Crippen LogP contribution in [-0.2, 0) is 0 Å². The maximum atomic E-state index is 12.2. The van der Waals surface area contributed by atoms with Gasteiger partial charge in [-0.05, 0) is 29.2 Å². The molecule has 4 N–H and O–H groups in total. The van der Waals surface area contributed by atoms with Crippen LogP contribution in [0.1, 0.15) is 0 Å². The quantitative estimate of drug-likeness (QED) is 0.781. The van der Waals surface area contributed by atoms with Crippen LogP contribution in [-0.4, -0.2) is 33.5 Å². The average Bonchev–Trinajstić information content (AvgIpc) is 2.78. The number of anilines is 2. The normalized spacial score (nSPS) is 12.6. The molecule has 5 nitrogen and oxygen atoms in total. The van der Waals surface area contributed by atoms with Crippen molar-refractivity contribution in [1.29, 1.82) is 0 Å². The average molecular weight is 286 g/mol. The van der Waals surface area contributed by atoms with Crippen LogP contribution in [0.4, 0.5) is 19.6 Å². The fraction of sp³-hybridized carbons (Fsp3) is 0.273. The van der Waals surface area contributed by atoms with Gasteiger partial charge in [0.15, 0.2) is 0 Å². The van der Waals surface area contributed by atoms with E-state index in [4.69, 9.17) is 10.8 Å². The molecule has 2 aromatic heterocycles. The maximum absolute atomic E-state index is 12.2. The van der Waals surface area contributed by atoms with E-state index in [0.717, 1.165) is 17.1 Å². The Balaban J connectivity index is 2.19. The Morgan fingerprint density at radius 2 is 2.05 bits per heavy atom. The van der Waals surface area contributed by atoms with Gasteiger partial charge in [0.1, 0.15) is 16.9 Å². The van der Waals surface area contributed by atoms with E-state index in [-0.39, 0.29) is 6.54 Å². The number of nitrogens with one attached hydrogen (secondary N) is 1. The third-order valence-electron chi connectivity index (χ3n) is 2.45. The van der Waals surface area contributed by atoms with E-state index >= 15 is 0 Å². The minimum Gasteiger partial charge on any atom is -0.385 e. The van der Waals surface area contributed by atoms with Gasteiger partial charge in [-0.2, -0.15) is 4.37 Å². The molecule has 0 saturated heterocycles. The van der Waals surface area contributed by atoms with Crippen molar-refractivity contribution in [2.24, 2.45) is 0 Å². The number of rotatable bonds is 5. The Morgan fingerprint density at radius 1 is 1.37 bits per heavy atom. The van der Waals surface area contributed by atoms with Crippen molar-refractivity contribution in [3.8, 4) is 11.1 Å². The van der Waals surface area contributed by atoms with E-state index in [1.807, 2.05) is 0 Å². The van der Waals surface area contributed by atoms with E-state index in [9.17, 15) is 8.78 Å². The van der Waals surface area contributed by atoms with Gasteiger partial charge in [0, 0.05) is 18.9 Å². The maximum Gasteiger partial charge on any atom is 0.265 e. The van der Waals surface area contributed by atoms with Crippen molar-refractivity contribution in [3.63, 3.8) is 0 Å². The van der Waals surface area contributed by atoms with Crippen molar-refractivity contribution < 1.29 is 13.9 Å². The summed E-state index contributed by atoms with van der Waals surface area (Å²) in [6.07, 6.45) is -1.31. The molecule has 0 saturated carbocycles. The van der Waals surface area contributed by atoms with E-state index < -0.39 is 12.5 Å². The summed E-state index contributed by atoms with van der Waals surface area (Å²) in [6, 6.07) is 3.49. The van der Waals surface area contributed by atoms with Crippen molar-refractivity contribution in [1.82, 2.24) is 9.36 Å². The first kappa shape index (κ1) is 13.6. The zero-order valence-electron chi connectivity index (χ0n) is 9.75. The van der Waals surface area contributed by atoms with Gasteiger partial charge in [-0.25, -0.2) is 8.78 Å². The number of hydrogen-bond donors (Lipinski definition) is 3. The van der Waals surface area contributed by atoms with E-state index in [0.29, 0.717) is 16.4 Å². The van der Waals surface area contributed by atoms with Crippen molar-refractivity contribution >= 4 is 22.4 Å². The number of aliphatic hydroxyl groups excluding tert-OH is 1. The van der Waals surface area contributed by atoms with Crippen LogP contribution < -0.4 is 11.1 Å². The molecule has 0 aliphatic rings. The first-order valence-corrected chi connectivity index (χ1v) is 6.22. The highest BCUT2D eigenvalue weighted by Crippen LogP contribution is 2.36. The van der Waals surface area contributed by atoms with Gasteiger partial charge < -0.3 is 16.2 Å². The highest BCUT2D eigenvalue weighted by Gasteiger charge is 2.19. The number of alkyl halides is 2. The monoisotopic (exact) mass is 286 g/mol. The SMILES string of the molecule is Nc1nsc(NCC(O)C(F)F)c1-c1ccncc1. The van der Waals surface area contributed by atoms with Crippen LogP contribution in [0.25, 0.3) is 11.1 Å². The first-order chi connectivity index (χ1) is 9.09. The van der Waals surface area contributed by atoms with Crippen LogP contribution >= 0.6 is 11.5 Å². The molecule has 0 spiro atoms. The Morgan fingerprint density at radius 3 is 2.68 bits per heavy atom. The van der Waals surface area contributed by atoms with Gasteiger partial charge >= 0.3 is 0 Å². The summed E-state index contributed by atoms with van der Waals surface area (Å²) in [5.74, 6) is 0.310. The molecular formula is C11H12F2N4OS. The smallest absolute Gasteiger partial charge is 0.265 e.